The van der Waals surface area contributed by atoms with Crippen LogP contribution in [0.3, 0.4) is 0 Å². The monoisotopic (exact) mass is 293 g/mol. The Morgan fingerprint density at radius 3 is 2.57 bits per heavy atom. The normalized spacial score (nSPS) is 25.4. The van der Waals surface area contributed by atoms with Gasteiger partial charge in [0.15, 0.2) is 0 Å². The molecular formula is C15H27N5O. The van der Waals surface area contributed by atoms with Crippen molar-refractivity contribution >= 4 is 11.9 Å². The summed E-state index contributed by atoms with van der Waals surface area (Å²) in [5.74, 6) is 2.58. The first kappa shape index (κ1) is 15.8. The standard InChI is InChI=1S/C15H27N5O/c1-5-8-21-15-19-13(16-4)18-14(20-15)17-12-7-6-10(2)9-11(12)3/h10-12H,5-9H2,1-4H3,(H2,16,17,18,19,20). The van der Waals surface area contributed by atoms with Gasteiger partial charge in [0.2, 0.25) is 11.9 Å². The minimum Gasteiger partial charge on any atom is -0.463 e. The summed E-state index contributed by atoms with van der Waals surface area (Å²) in [7, 11) is 1.80. The predicted octanol–water partition coefficient (Wildman–Crippen LogP) is 2.94. The molecule has 0 spiro atoms. The van der Waals surface area contributed by atoms with Gasteiger partial charge in [-0.05, 0) is 37.5 Å². The van der Waals surface area contributed by atoms with Crippen molar-refractivity contribution in [2.75, 3.05) is 24.3 Å². The van der Waals surface area contributed by atoms with Crippen LogP contribution in [0.1, 0.15) is 46.5 Å². The molecule has 1 aromatic rings. The van der Waals surface area contributed by atoms with Crippen LogP contribution < -0.4 is 15.4 Å². The smallest absolute Gasteiger partial charge is 0.323 e. The Morgan fingerprint density at radius 1 is 1.14 bits per heavy atom. The van der Waals surface area contributed by atoms with Crippen molar-refractivity contribution in [3.63, 3.8) is 0 Å². The zero-order chi connectivity index (χ0) is 15.2. The third kappa shape index (κ3) is 4.44. The van der Waals surface area contributed by atoms with E-state index in [9.17, 15) is 0 Å². The summed E-state index contributed by atoms with van der Waals surface area (Å²) in [5, 5.41) is 6.42. The van der Waals surface area contributed by atoms with Gasteiger partial charge in [0.1, 0.15) is 0 Å². The fourth-order valence-electron chi connectivity index (χ4n) is 2.84. The highest BCUT2D eigenvalue weighted by molar-refractivity contribution is 5.36. The van der Waals surface area contributed by atoms with Gasteiger partial charge in [-0.2, -0.15) is 15.0 Å². The molecule has 6 heteroatoms. The summed E-state index contributed by atoms with van der Waals surface area (Å²) < 4.78 is 5.53. The molecule has 1 aliphatic rings. The molecule has 1 aromatic heterocycles. The van der Waals surface area contributed by atoms with Crippen LogP contribution in [0, 0.1) is 11.8 Å². The van der Waals surface area contributed by atoms with E-state index in [1.165, 1.54) is 12.8 Å². The minimum atomic E-state index is 0.385. The van der Waals surface area contributed by atoms with E-state index in [2.05, 4.69) is 46.4 Å². The maximum atomic E-state index is 5.53. The van der Waals surface area contributed by atoms with E-state index in [-0.39, 0.29) is 0 Å². The highest BCUT2D eigenvalue weighted by atomic mass is 16.5. The lowest BCUT2D eigenvalue weighted by atomic mass is 9.80. The number of anilines is 2. The van der Waals surface area contributed by atoms with Crippen molar-refractivity contribution in [1.82, 2.24) is 15.0 Å². The van der Waals surface area contributed by atoms with Crippen LogP contribution >= 0.6 is 0 Å². The number of ether oxygens (including phenoxy) is 1. The average molecular weight is 293 g/mol. The van der Waals surface area contributed by atoms with Gasteiger partial charge in [-0.15, -0.1) is 0 Å². The molecule has 1 aliphatic carbocycles. The molecule has 1 saturated carbocycles. The third-order valence-corrected chi connectivity index (χ3v) is 4.02. The molecule has 118 valence electrons. The van der Waals surface area contributed by atoms with Gasteiger partial charge in [0.05, 0.1) is 6.61 Å². The van der Waals surface area contributed by atoms with Gasteiger partial charge in [0, 0.05) is 13.1 Å². The van der Waals surface area contributed by atoms with Gasteiger partial charge >= 0.3 is 6.01 Å². The SMILES string of the molecule is CCCOc1nc(NC)nc(NC2CCC(C)CC2C)n1. The molecule has 0 aromatic carbocycles. The summed E-state index contributed by atoms with van der Waals surface area (Å²) in [6.07, 6.45) is 4.60. The van der Waals surface area contributed by atoms with Gasteiger partial charge in [-0.1, -0.05) is 20.8 Å². The number of rotatable bonds is 6. The molecule has 2 rings (SSSR count). The number of hydrogen-bond donors (Lipinski definition) is 2. The average Bonchev–Trinajstić information content (AvgIpc) is 2.48. The van der Waals surface area contributed by atoms with Gasteiger partial charge in [0.25, 0.3) is 0 Å². The fourth-order valence-corrected chi connectivity index (χ4v) is 2.84. The molecule has 1 heterocycles. The van der Waals surface area contributed by atoms with Crippen LogP contribution in [-0.4, -0.2) is 34.6 Å². The summed E-state index contributed by atoms with van der Waals surface area (Å²) in [6, 6.07) is 0.808. The Hall–Kier alpha value is -1.59. The second-order valence-electron chi connectivity index (χ2n) is 6.01. The van der Waals surface area contributed by atoms with E-state index in [0.29, 0.717) is 36.5 Å². The van der Waals surface area contributed by atoms with Crippen LogP contribution in [-0.2, 0) is 0 Å². The summed E-state index contributed by atoms with van der Waals surface area (Å²) in [5.41, 5.74) is 0. The van der Waals surface area contributed by atoms with Crippen molar-refractivity contribution in [3.8, 4) is 6.01 Å². The molecule has 0 bridgehead atoms. The van der Waals surface area contributed by atoms with Crippen molar-refractivity contribution in [3.05, 3.63) is 0 Å². The van der Waals surface area contributed by atoms with Crippen molar-refractivity contribution in [2.24, 2.45) is 11.8 Å². The predicted molar refractivity (Wildman–Crippen MR) is 84.7 cm³/mol. The van der Waals surface area contributed by atoms with E-state index in [1.807, 2.05) is 0 Å². The molecule has 0 radical (unpaired) electrons. The highest BCUT2D eigenvalue weighted by Crippen LogP contribution is 2.30. The van der Waals surface area contributed by atoms with Gasteiger partial charge in [-0.3, -0.25) is 0 Å². The van der Waals surface area contributed by atoms with E-state index >= 15 is 0 Å². The van der Waals surface area contributed by atoms with Crippen molar-refractivity contribution in [2.45, 2.75) is 52.5 Å². The lowest BCUT2D eigenvalue weighted by molar-refractivity contribution is 0.274. The maximum Gasteiger partial charge on any atom is 0.323 e. The van der Waals surface area contributed by atoms with Gasteiger partial charge < -0.3 is 15.4 Å². The van der Waals surface area contributed by atoms with Crippen LogP contribution in [0.5, 0.6) is 6.01 Å². The van der Waals surface area contributed by atoms with Crippen LogP contribution in [0.25, 0.3) is 0 Å². The molecule has 21 heavy (non-hydrogen) atoms. The number of nitrogens with zero attached hydrogens (tertiary/aromatic N) is 3. The maximum absolute atomic E-state index is 5.53. The molecule has 0 amide bonds. The molecule has 0 aliphatic heterocycles. The molecule has 1 fully saturated rings. The first-order valence-electron chi connectivity index (χ1n) is 7.95. The number of hydrogen-bond acceptors (Lipinski definition) is 6. The molecule has 0 saturated heterocycles. The summed E-state index contributed by atoms with van der Waals surface area (Å²) in [4.78, 5) is 13.0. The minimum absolute atomic E-state index is 0.385. The second kappa shape index (κ2) is 7.43. The second-order valence-corrected chi connectivity index (χ2v) is 6.01. The fraction of sp³-hybridized carbons (Fsp3) is 0.800. The molecule has 3 unspecified atom stereocenters. The largest absolute Gasteiger partial charge is 0.463 e. The molecular weight excluding hydrogens is 266 g/mol. The van der Waals surface area contributed by atoms with Crippen LogP contribution in [0.4, 0.5) is 11.9 Å². The summed E-state index contributed by atoms with van der Waals surface area (Å²) in [6.45, 7) is 7.29. The van der Waals surface area contributed by atoms with E-state index < -0.39 is 0 Å². The Balaban J connectivity index is 2.07. The van der Waals surface area contributed by atoms with Crippen LogP contribution in [0.2, 0.25) is 0 Å². The lowest BCUT2D eigenvalue weighted by Gasteiger charge is -2.33. The topological polar surface area (TPSA) is 72.0 Å². The van der Waals surface area contributed by atoms with Crippen LogP contribution in [0.15, 0.2) is 0 Å². The lowest BCUT2D eigenvalue weighted by Crippen LogP contribution is -2.33. The zero-order valence-electron chi connectivity index (χ0n) is 13.5. The molecule has 2 N–H and O–H groups in total. The Kier molecular flexibility index (Phi) is 5.59. The Bertz CT molecular complexity index is 454. The first-order valence-corrected chi connectivity index (χ1v) is 7.95. The van der Waals surface area contributed by atoms with Crippen molar-refractivity contribution < 1.29 is 4.74 Å². The highest BCUT2D eigenvalue weighted by Gasteiger charge is 2.26. The third-order valence-electron chi connectivity index (χ3n) is 4.02. The van der Waals surface area contributed by atoms with E-state index in [0.717, 1.165) is 18.8 Å². The Labute approximate surface area is 127 Å². The molecule has 6 nitrogen and oxygen atoms in total. The van der Waals surface area contributed by atoms with Crippen molar-refractivity contribution in [1.29, 1.82) is 0 Å². The van der Waals surface area contributed by atoms with E-state index in [1.54, 1.807) is 7.05 Å². The number of nitrogens with one attached hydrogen (secondary N) is 2. The quantitative estimate of drug-likeness (QED) is 0.840. The van der Waals surface area contributed by atoms with E-state index in [4.69, 9.17) is 4.74 Å². The van der Waals surface area contributed by atoms with Gasteiger partial charge in [-0.25, -0.2) is 0 Å². The Morgan fingerprint density at radius 2 is 1.90 bits per heavy atom. The molecule has 3 atom stereocenters. The zero-order valence-corrected chi connectivity index (χ0v) is 13.5. The summed E-state index contributed by atoms with van der Waals surface area (Å²) >= 11 is 0. The number of aromatic nitrogens is 3. The first-order chi connectivity index (χ1) is 10.1.